The Labute approximate surface area is 115 Å². The topological polar surface area (TPSA) is 49.4 Å². The van der Waals surface area contributed by atoms with Crippen molar-refractivity contribution in [1.82, 2.24) is 10.2 Å². The van der Waals surface area contributed by atoms with Crippen LogP contribution in [0.1, 0.15) is 22.8 Å². The van der Waals surface area contributed by atoms with Gasteiger partial charge in [-0.25, -0.2) is 0 Å². The smallest absolute Gasteiger partial charge is 0.254 e. The molecule has 0 aliphatic heterocycles. The number of aryl methyl sites for hydroxylation is 1. The molecule has 0 unspecified atom stereocenters. The fraction of sp³-hybridized carbons (Fsp3) is 0.385. The molecule has 0 saturated carbocycles. The molecule has 1 N–H and O–H groups in total. The predicted octanol–water partition coefficient (Wildman–Crippen LogP) is 1.97. The van der Waals surface area contributed by atoms with Gasteiger partial charge < -0.3 is 10.2 Å². The summed E-state index contributed by atoms with van der Waals surface area (Å²) in [5.41, 5.74) is 1.58. The third-order valence-electron chi connectivity index (χ3n) is 2.51. The zero-order valence-corrected chi connectivity index (χ0v) is 12.4. The first kappa shape index (κ1) is 14.7. The van der Waals surface area contributed by atoms with Gasteiger partial charge in [0.2, 0.25) is 5.91 Å². The fourth-order valence-corrected chi connectivity index (χ4v) is 1.79. The summed E-state index contributed by atoms with van der Waals surface area (Å²) in [6.07, 6.45) is 0. The second-order valence-electron chi connectivity index (χ2n) is 4.08. The number of halogens is 1. The molecule has 98 valence electrons. The van der Waals surface area contributed by atoms with Crippen LogP contribution in [0.25, 0.3) is 0 Å². The molecule has 0 radical (unpaired) electrons. The van der Waals surface area contributed by atoms with Gasteiger partial charge in [-0.3, -0.25) is 9.59 Å². The Morgan fingerprint density at radius 1 is 1.39 bits per heavy atom. The minimum Gasteiger partial charge on any atom is -0.355 e. The Bertz CT molecular complexity index is 460. The largest absolute Gasteiger partial charge is 0.355 e. The van der Waals surface area contributed by atoms with E-state index < -0.39 is 0 Å². The molecule has 1 rings (SSSR count). The van der Waals surface area contributed by atoms with E-state index in [0.717, 1.165) is 10.0 Å². The maximum Gasteiger partial charge on any atom is 0.254 e. The Kier molecular flexibility index (Phi) is 5.34. The normalized spacial score (nSPS) is 10.0. The highest BCUT2D eigenvalue weighted by molar-refractivity contribution is 9.10. The zero-order valence-electron chi connectivity index (χ0n) is 10.8. The highest BCUT2D eigenvalue weighted by Crippen LogP contribution is 2.17. The molecule has 0 bridgehead atoms. The highest BCUT2D eigenvalue weighted by Gasteiger charge is 2.14. The monoisotopic (exact) mass is 312 g/mol. The molecule has 0 fully saturated rings. The molecular weight excluding hydrogens is 296 g/mol. The van der Waals surface area contributed by atoms with Gasteiger partial charge in [0.25, 0.3) is 5.91 Å². The summed E-state index contributed by atoms with van der Waals surface area (Å²) in [6, 6.07) is 5.39. The van der Waals surface area contributed by atoms with Crippen LogP contribution in [-0.4, -0.2) is 36.9 Å². The van der Waals surface area contributed by atoms with Gasteiger partial charge in [0.05, 0.1) is 6.54 Å². The lowest BCUT2D eigenvalue weighted by molar-refractivity contribution is -0.121. The number of hydrogen-bond donors (Lipinski definition) is 1. The average Bonchev–Trinajstić information content (AvgIpc) is 2.32. The van der Waals surface area contributed by atoms with Crippen molar-refractivity contribution >= 4 is 27.7 Å². The minimum atomic E-state index is -0.156. The molecule has 1 aromatic carbocycles. The Morgan fingerprint density at radius 3 is 2.61 bits per heavy atom. The van der Waals surface area contributed by atoms with Gasteiger partial charge in [0.1, 0.15) is 0 Å². The van der Waals surface area contributed by atoms with Crippen molar-refractivity contribution in [3.8, 4) is 0 Å². The molecule has 18 heavy (non-hydrogen) atoms. The predicted molar refractivity (Wildman–Crippen MR) is 74.5 cm³/mol. The molecule has 0 aromatic heterocycles. The van der Waals surface area contributed by atoms with Gasteiger partial charge in [0, 0.05) is 23.6 Å². The SMILES string of the molecule is CCNC(=O)CN(C)C(=O)c1ccc(Br)c(C)c1. The number of nitrogens with one attached hydrogen (secondary N) is 1. The van der Waals surface area contributed by atoms with Gasteiger partial charge in [-0.15, -0.1) is 0 Å². The second kappa shape index (κ2) is 6.54. The average molecular weight is 313 g/mol. The molecule has 1 aromatic rings. The molecular formula is C13H17BrN2O2. The molecule has 5 heteroatoms. The molecule has 0 saturated heterocycles. The lowest BCUT2D eigenvalue weighted by Gasteiger charge is -2.17. The highest BCUT2D eigenvalue weighted by atomic mass is 79.9. The number of hydrogen-bond acceptors (Lipinski definition) is 2. The Morgan fingerprint density at radius 2 is 2.06 bits per heavy atom. The minimum absolute atomic E-state index is 0.0712. The summed E-state index contributed by atoms with van der Waals surface area (Å²) in [6.45, 7) is 4.41. The molecule has 0 aliphatic rings. The molecule has 0 heterocycles. The van der Waals surface area contributed by atoms with Gasteiger partial charge in [-0.05, 0) is 37.6 Å². The number of nitrogens with zero attached hydrogens (tertiary/aromatic N) is 1. The third kappa shape index (κ3) is 3.84. The van der Waals surface area contributed by atoms with Crippen LogP contribution < -0.4 is 5.32 Å². The van der Waals surface area contributed by atoms with Gasteiger partial charge in [-0.1, -0.05) is 15.9 Å². The van der Waals surface area contributed by atoms with Crippen molar-refractivity contribution in [1.29, 1.82) is 0 Å². The second-order valence-corrected chi connectivity index (χ2v) is 4.93. The van der Waals surface area contributed by atoms with E-state index in [1.54, 1.807) is 19.2 Å². The van der Waals surface area contributed by atoms with Crippen LogP contribution in [0.2, 0.25) is 0 Å². The number of benzene rings is 1. The van der Waals surface area contributed by atoms with Gasteiger partial charge >= 0.3 is 0 Å². The molecule has 0 spiro atoms. The van der Waals surface area contributed by atoms with Crippen LogP contribution in [0.15, 0.2) is 22.7 Å². The summed E-state index contributed by atoms with van der Waals surface area (Å²) < 4.78 is 0.963. The quantitative estimate of drug-likeness (QED) is 0.924. The van der Waals surface area contributed by atoms with E-state index in [9.17, 15) is 9.59 Å². The van der Waals surface area contributed by atoms with Crippen LogP contribution in [0, 0.1) is 6.92 Å². The van der Waals surface area contributed by atoms with Crippen molar-refractivity contribution in [2.75, 3.05) is 20.1 Å². The van der Waals surface area contributed by atoms with Crippen LogP contribution in [0.4, 0.5) is 0 Å². The van der Waals surface area contributed by atoms with E-state index in [-0.39, 0.29) is 18.4 Å². The summed E-state index contributed by atoms with van der Waals surface area (Å²) in [5.74, 6) is -0.306. The van der Waals surface area contributed by atoms with Gasteiger partial charge in [0.15, 0.2) is 0 Å². The number of carbonyl (C=O) groups is 2. The van der Waals surface area contributed by atoms with E-state index in [2.05, 4.69) is 21.2 Å². The molecule has 0 aliphatic carbocycles. The van der Waals surface area contributed by atoms with Crippen LogP contribution in [-0.2, 0) is 4.79 Å². The first-order valence-electron chi connectivity index (χ1n) is 5.74. The standard InChI is InChI=1S/C13H17BrN2O2/c1-4-15-12(17)8-16(3)13(18)10-5-6-11(14)9(2)7-10/h5-7H,4,8H2,1-3H3,(H,15,17). The summed E-state index contributed by atoms with van der Waals surface area (Å²) in [5, 5.41) is 2.66. The first-order chi connectivity index (χ1) is 8.45. The Hall–Kier alpha value is -1.36. The molecule has 2 amide bonds. The van der Waals surface area contributed by atoms with E-state index in [1.165, 1.54) is 4.90 Å². The van der Waals surface area contributed by atoms with Crippen molar-refractivity contribution in [3.05, 3.63) is 33.8 Å². The number of rotatable bonds is 4. The lowest BCUT2D eigenvalue weighted by Crippen LogP contribution is -2.38. The van der Waals surface area contributed by atoms with Crippen molar-refractivity contribution in [2.45, 2.75) is 13.8 Å². The number of carbonyl (C=O) groups excluding carboxylic acids is 2. The van der Waals surface area contributed by atoms with E-state index >= 15 is 0 Å². The van der Waals surface area contributed by atoms with E-state index in [0.29, 0.717) is 12.1 Å². The fourth-order valence-electron chi connectivity index (χ4n) is 1.54. The maximum absolute atomic E-state index is 12.1. The molecule has 0 atom stereocenters. The molecule has 4 nitrogen and oxygen atoms in total. The summed E-state index contributed by atoms with van der Waals surface area (Å²) >= 11 is 3.39. The van der Waals surface area contributed by atoms with Crippen LogP contribution in [0.3, 0.4) is 0 Å². The van der Waals surface area contributed by atoms with E-state index in [1.807, 2.05) is 19.9 Å². The Balaban J connectivity index is 2.74. The summed E-state index contributed by atoms with van der Waals surface area (Å²) in [4.78, 5) is 24.9. The van der Waals surface area contributed by atoms with Crippen molar-refractivity contribution in [2.24, 2.45) is 0 Å². The van der Waals surface area contributed by atoms with Crippen molar-refractivity contribution < 1.29 is 9.59 Å². The van der Waals surface area contributed by atoms with Crippen LogP contribution in [0.5, 0.6) is 0 Å². The maximum atomic E-state index is 12.1. The third-order valence-corrected chi connectivity index (χ3v) is 3.40. The summed E-state index contributed by atoms with van der Waals surface area (Å²) in [7, 11) is 1.62. The van der Waals surface area contributed by atoms with Gasteiger partial charge in [-0.2, -0.15) is 0 Å². The van der Waals surface area contributed by atoms with Crippen LogP contribution >= 0.6 is 15.9 Å². The lowest BCUT2D eigenvalue weighted by atomic mass is 10.1. The van der Waals surface area contributed by atoms with Crippen molar-refractivity contribution in [3.63, 3.8) is 0 Å². The number of likely N-dealkylation sites (N-methyl/N-ethyl adjacent to an activating group) is 2. The van der Waals surface area contributed by atoms with E-state index in [4.69, 9.17) is 0 Å². The first-order valence-corrected chi connectivity index (χ1v) is 6.53. The number of amides is 2. The zero-order chi connectivity index (χ0) is 13.7.